The summed E-state index contributed by atoms with van der Waals surface area (Å²) in [4.78, 5) is 2.21. The molecule has 0 bridgehead atoms. The summed E-state index contributed by atoms with van der Waals surface area (Å²) in [6.45, 7) is 4.50. The highest BCUT2D eigenvalue weighted by Crippen LogP contribution is 2.27. The monoisotopic (exact) mass is 327 g/mol. The summed E-state index contributed by atoms with van der Waals surface area (Å²) in [6.07, 6.45) is 4.78. The van der Waals surface area contributed by atoms with Crippen LogP contribution in [-0.4, -0.2) is 47.9 Å². The highest BCUT2D eigenvalue weighted by atomic mass is 16.5. The zero-order chi connectivity index (χ0) is 16.5. The minimum atomic E-state index is -0.162. The summed E-state index contributed by atoms with van der Waals surface area (Å²) in [5.41, 5.74) is 2.34. The van der Waals surface area contributed by atoms with Gasteiger partial charge in [0.25, 0.3) is 0 Å². The molecule has 1 aromatic heterocycles. The van der Waals surface area contributed by atoms with E-state index < -0.39 is 0 Å². The van der Waals surface area contributed by atoms with Crippen LogP contribution < -0.4 is 4.74 Å². The molecule has 24 heavy (non-hydrogen) atoms. The lowest BCUT2D eigenvalue weighted by Gasteiger charge is -2.32. The topological polar surface area (TPSA) is 60.6 Å². The Morgan fingerprint density at radius 2 is 2.12 bits per heavy atom. The van der Waals surface area contributed by atoms with Crippen molar-refractivity contribution in [2.75, 3.05) is 26.7 Å². The van der Waals surface area contributed by atoms with E-state index in [1.165, 1.54) is 5.56 Å². The van der Waals surface area contributed by atoms with Crippen molar-refractivity contribution < 1.29 is 13.9 Å². The Labute approximate surface area is 141 Å². The van der Waals surface area contributed by atoms with Gasteiger partial charge in [-0.25, -0.2) is 0 Å². The third kappa shape index (κ3) is 3.20. The highest BCUT2D eigenvalue weighted by Gasteiger charge is 2.28. The van der Waals surface area contributed by atoms with Crippen molar-refractivity contribution in [2.45, 2.75) is 25.6 Å². The number of benzene rings is 1. The second-order valence-electron chi connectivity index (χ2n) is 6.43. The van der Waals surface area contributed by atoms with Crippen LogP contribution in [0.15, 0.2) is 22.6 Å². The predicted octanol–water partition coefficient (Wildman–Crippen LogP) is 2.57. The Morgan fingerprint density at radius 3 is 3.00 bits per heavy atom. The Morgan fingerprint density at radius 1 is 1.21 bits per heavy atom. The van der Waals surface area contributed by atoms with Gasteiger partial charge in [-0.3, -0.25) is 0 Å². The molecule has 3 heterocycles. The third-order valence-corrected chi connectivity index (χ3v) is 4.31. The molecule has 0 amide bonds. The maximum atomic E-state index is 5.89. The molecule has 2 aliphatic rings. The molecule has 1 fully saturated rings. The van der Waals surface area contributed by atoms with E-state index in [1.807, 2.05) is 24.3 Å². The average molecular weight is 327 g/mol. The minimum absolute atomic E-state index is 0.160. The molecule has 0 aliphatic carbocycles. The first-order chi connectivity index (χ1) is 11.7. The number of fused-ring (bicyclic) bond motifs is 1. The molecule has 0 radical (unpaired) electrons. The Kier molecular flexibility index (Phi) is 4.08. The van der Waals surface area contributed by atoms with E-state index in [-0.39, 0.29) is 12.2 Å². The van der Waals surface area contributed by atoms with Gasteiger partial charge in [0.1, 0.15) is 11.9 Å². The fourth-order valence-corrected chi connectivity index (χ4v) is 3.22. The van der Waals surface area contributed by atoms with E-state index in [0.29, 0.717) is 11.8 Å². The van der Waals surface area contributed by atoms with Crippen LogP contribution >= 0.6 is 0 Å². The van der Waals surface area contributed by atoms with Crippen LogP contribution in [0, 0.1) is 0 Å². The molecule has 0 saturated carbocycles. The predicted molar refractivity (Wildman–Crippen MR) is 89.7 cm³/mol. The van der Waals surface area contributed by atoms with Gasteiger partial charge < -0.3 is 18.8 Å². The normalized spacial score (nSPS) is 24.2. The second kappa shape index (κ2) is 6.37. The minimum Gasteiger partial charge on any atom is -0.493 e. The largest absolute Gasteiger partial charge is 0.493 e. The SMILES string of the molecule is C[C@@H]1CN(C)C[C@H](c2nnc(/C=C/c3ccc4c(c3)CCO4)o2)O1. The van der Waals surface area contributed by atoms with Crippen LogP contribution in [0.2, 0.25) is 0 Å². The molecule has 6 heteroatoms. The number of hydrogen-bond acceptors (Lipinski definition) is 6. The molecule has 6 nitrogen and oxygen atoms in total. The molecule has 4 rings (SSSR count). The molecule has 0 N–H and O–H groups in total. The van der Waals surface area contributed by atoms with E-state index in [0.717, 1.165) is 37.4 Å². The average Bonchev–Trinajstić information content (AvgIpc) is 3.20. The third-order valence-electron chi connectivity index (χ3n) is 4.31. The first kappa shape index (κ1) is 15.4. The summed E-state index contributed by atoms with van der Waals surface area (Å²) in [5.74, 6) is 2.02. The highest BCUT2D eigenvalue weighted by molar-refractivity contribution is 5.67. The number of morpholine rings is 1. The summed E-state index contributed by atoms with van der Waals surface area (Å²) in [5, 5.41) is 8.24. The number of hydrogen-bond donors (Lipinski definition) is 0. The van der Waals surface area contributed by atoms with E-state index in [9.17, 15) is 0 Å². The van der Waals surface area contributed by atoms with Crippen molar-refractivity contribution in [3.63, 3.8) is 0 Å². The van der Waals surface area contributed by atoms with Crippen molar-refractivity contribution in [2.24, 2.45) is 0 Å². The summed E-state index contributed by atoms with van der Waals surface area (Å²) < 4.78 is 17.2. The van der Waals surface area contributed by atoms with Crippen LogP contribution in [0.3, 0.4) is 0 Å². The Balaban J connectivity index is 1.47. The van der Waals surface area contributed by atoms with Gasteiger partial charge in [0.15, 0.2) is 0 Å². The van der Waals surface area contributed by atoms with E-state index in [1.54, 1.807) is 0 Å². The fraction of sp³-hybridized carbons (Fsp3) is 0.444. The molecule has 2 aromatic rings. The van der Waals surface area contributed by atoms with Crippen molar-refractivity contribution in [1.82, 2.24) is 15.1 Å². The zero-order valence-corrected chi connectivity index (χ0v) is 13.9. The molecular weight excluding hydrogens is 306 g/mol. The second-order valence-corrected chi connectivity index (χ2v) is 6.43. The number of ether oxygens (including phenoxy) is 2. The quantitative estimate of drug-likeness (QED) is 0.863. The van der Waals surface area contributed by atoms with Crippen molar-refractivity contribution >= 4 is 12.2 Å². The molecule has 2 aliphatic heterocycles. The first-order valence-electron chi connectivity index (χ1n) is 8.28. The van der Waals surface area contributed by atoms with Gasteiger partial charge in [0, 0.05) is 25.6 Å². The summed E-state index contributed by atoms with van der Waals surface area (Å²) >= 11 is 0. The standard InChI is InChI=1S/C18H21N3O3/c1-12-10-21(2)11-16(23-12)18-20-19-17(24-18)6-4-13-3-5-15-14(9-13)7-8-22-15/h3-6,9,12,16H,7-8,10-11H2,1-2H3/b6-4+/t12-,16-/m1/s1. The molecular formula is C18H21N3O3. The number of rotatable bonds is 3. The van der Waals surface area contributed by atoms with Gasteiger partial charge in [-0.2, -0.15) is 0 Å². The van der Waals surface area contributed by atoms with Gasteiger partial charge in [0.2, 0.25) is 11.8 Å². The number of likely N-dealkylation sites (N-methyl/N-ethyl adjacent to an activating group) is 1. The summed E-state index contributed by atoms with van der Waals surface area (Å²) in [7, 11) is 2.07. The maximum Gasteiger partial charge on any atom is 0.246 e. The van der Waals surface area contributed by atoms with Crippen LogP contribution in [0.4, 0.5) is 0 Å². The molecule has 2 atom stereocenters. The Bertz CT molecular complexity index is 746. The van der Waals surface area contributed by atoms with E-state index >= 15 is 0 Å². The van der Waals surface area contributed by atoms with E-state index in [2.05, 4.69) is 35.1 Å². The number of nitrogens with zero attached hydrogens (tertiary/aromatic N) is 3. The Hall–Kier alpha value is -2.18. The van der Waals surface area contributed by atoms with Crippen molar-refractivity contribution in [3.05, 3.63) is 41.1 Å². The van der Waals surface area contributed by atoms with Crippen LogP contribution in [0.1, 0.15) is 35.9 Å². The lowest BCUT2D eigenvalue weighted by Crippen LogP contribution is -2.40. The van der Waals surface area contributed by atoms with Crippen molar-refractivity contribution in [3.8, 4) is 5.75 Å². The number of aromatic nitrogens is 2. The van der Waals surface area contributed by atoms with Crippen LogP contribution in [0.25, 0.3) is 12.2 Å². The molecule has 1 saturated heterocycles. The van der Waals surface area contributed by atoms with Crippen molar-refractivity contribution in [1.29, 1.82) is 0 Å². The molecule has 1 aromatic carbocycles. The molecule has 0 unspecified atom stereocenters. The zero-order valence-electron chi connectivity index (χ0n) is 13.9. The fourth-order valence-electron chi connectivity index (χ4n) is 3.22. The molecule has 0 spiro atoms. The lowest BCUT2D eigenvalue weighted by molar-refractivity contribution is -0.0823. The van der Waals surface area contributed by atoms with Gasteiger partial charge in [-0.15, -0.1) is 10.2 Å². The van der Waals surface area contributed by atoms with Crippen LogP contribution in [-0.2, 0) is 11.2 Å². The van der Waals surface area contributed by atoms with E-state index in [4.69, 9.17) is 13.9 Å². The van der Waals surface area contributed by atoms with Crippen LogP contribution in [0.5, 0.6) is 5.75 Å². The van der Waals surface area contributed by atoms with Gasteiger partial charge >= 0.3 is 0 Å². The maximum absolute atomic E-state index is 5.89. The smallest absolute Gasteiger partial charge is 0.246 e. The molecule has 126 valence electrons. The van der Waals surface area contributed by atoms with Gasteiger partial charge in [-0.1, -0.05) is 6.07 Å². The first-order valence-corrected chi connectivity index (χ1v) is 8.28. The van der Waals surface area contributed by atoms with Gasteiger partial charge in [0.05, 0.1) is 12.7 Å². The summed E-state index contributed by atoms with van der Waals surface area (Å²) in [6, 6.07) is 6.17. The lowest BCUT2D eigenvalue weighted by atomic mass is 10.1. The van der Waals surface area contributed by atoms with Gasteiger partial charge in [-0.05, 0) is 43.3 Å².